The van der Waals surface area contributed by atoms with E-state index in [9.17, 15) is 4.79 Å². The molecule has 0 aliphatic carbocycles. The van der Waals surface area contributed by atoms with Gasteiger partial charge in [0.15, 0.2) is 11.2 Å². The van der Waals surface area contributed by atoms with Crippen molar-refractivity contribution in [2.45, 2.75) is 19.9 Å². The van der Waals surface area contributed by atoms with Crippen molar-refractivity contribution >= 4 is 34.4 Å². The molecule has 4 rings (SSSR count). The predicted molar refractivity (Wildman–Crippen MR) is 108 cm³/mol. The minimum Gasteiger partial charge on any atom is -0.312 e. The number of halogens is 2. The number of hydrogen-bond donors (Lipinski definition) is 0. The van der Waals surface area contributed by atoms with Crippen LogP contribution in [0, 0.1) is 0 Å². The SMILES string of the molecule is CCn1c(Cc2cccc(Cl)c2)nc2c(=O)n(-c3ccc(Cl)cc3)cnc21. The van der Waals surface area contributed by atoms with Crippen molar-refractivity contribution in [1.29, 1.82) is 0 Å². The first kappa shape index (κ1) is 17.8. The molecule has 2 aromatic carbocycles. The lowest BCUT2D eigenvalue weighted by Crippen LogP contribution is -2.19. The molecule has 5 nitrogen and oxygen atoms in total. The molecule has 0 aliphatic heterocycles. The van der Waals surface area contributed by atoms with Gasteiger partial charge in [-0.05, 0) is 48.9 Å². The molecule has 0 spiro atoms. The van der Waals surface area contributed by atoms with Crippen LogP contribution < -0.4 is 5.56 Å². The van der Waals surface area contributed by atoms with E-state index in [-0.39, 0.29) is 5.56 Å². The fourth-order valence-corrected chi connectivity index (χ4v) is 3.46. The van der Waals surface area contributed by atoms with Crippen LogP contribution in [-0.2, 0) is 13.0 Å². The molecule has 0 radical (unpaired) electrons. The van der Waals surface area contributed by atoms with Crippen LogP contribution in [0.4, 0.5) is 0 Å². The molecule has 7 heteroatoms. The largest absolute Gasteiger partial charge is 0.312 e. The van der Waals surface area contributed by atoms with E-state index in [2.05, 4.69) is 9.97 Å². The number of fused-ring (bicyclic) bond motifs is 1. The van der Waals surface area contributed by atoms with Crippen molar-refractivity contribution < 1.29 is 0 Å². The summed E-state index contributed by atoms with van der Waals surface area (Å²) in [5.74, 6) is 0.785. The van der Waals surface area contributed by atoms with Crippen LogP contribution in [0.15, 0.2) is 59.7 Å². The van der Waals surface area contributed by atoms with Crippen LogP contribution in [0.1, 0.15) is 18.3 Å². The Labute approximate surface area is 165 Å². The molecule has 0 unspecified atom stereocenters. The topological polar surface area (TPSA) is 52.7 Å². The number of hydrogen-bond acceptors (Lipinski definition) is 3. The van der Waals surface area contributed by atoms with E-state index in [0.717, 1.165) is 11.4 Å². The van der Waals surface area contributed by atoms with Gasteiger partial charge >= 0.3 is 0 Å². The minimum atomic E-state index is -0.207. The first-order valence-electron chi connectivity index (χ1n) is 8.54. The Morgan fingerprint density at radius 2 is 1.81 bits per heavy atom. The van der Waals surface area contributed by atoms with Crippen molar-refractivity contribution in [2.75, 3.05) is 0 Å². The number of nitrogens with zero attached hydrogens (tertiary/aromatic N) is 4. The maximum Gasteiger partial charge on any atom is 0.286 e. The number of imidazole rings is 1. The number of benzene rings is 2. The zero-order valence-corrected chi connectivity index (χ0v) is 16.1. The molecular weight excluding hydrogens is 383 g/mol. The molecule has 27 heavy (non-hydrogen) atoms. The third-order valence-electron chi connectivity index (χ3n) is 4.41. The summed E-state index contributed by atoms with van der Waals surface area (Å²) in [5, 5.41) is 1.29. The number of aromatic nitrogens is 4. The lowest BCUT2D eigenvalue weighted by atomic mass is 10.1. The molecule has 0 atom stereocenters. The Kier molecular flexibility index (Phi) is 4.72. The third-order valence-corrected chi connectivity index (χ3v) is 4.90. The van der Waals surface area contributed by atoms with Crippen LogP contribution in [0.5, 0.6) is 0 Å². The maximum atomic E-state index is 13.0. The van der Waals surface area contributed by atoms with Crippen LogP contribution in [0.3, 0.4) is 0 Å². The van der Waals surface area contributed by atoms with Gasteiger partial charge in [0, 0.05) is 23.0 Å². The highest BCUT2D eigenvalue weighted by molar-refractivity contribution is 6.30. The van der Waals surface area contributed by atoms with Crippen molar-refractivity contribution in [3.63, 3.8) is 0 Å². The van der Waals surface area contributed by atoms with Crippen molar-refractivity contribution in [3.8, 4) is 5.69 Å². The molecule has 0 bridgehead atoms. The number of rotatable bonds is 4. The van der Waals surface area contributed by atoms with E-state index in [1.807, 2.05) is 35.8 Å². The molecule has 2 aromatic heterocycles. The van der Waals surface area contributed by atoms with E-state index in [4.69, 9.17) is 23.2 Å². The Morgan fingerprint density at radius 1 is 1.04 bits per heavy atom. The average Bonchev–Trinajstić information content (AvgIpc) is 3.01. The molecule has 4 aromatic rings. The zero-order valence-electron chi connectivity index (χ0n) is 14.6. The second kappa shape index (κ2) is 7.18. The van der Waals surface area contributed by atoms with Crippen LogP contribution >= 0.6 is 23.2 Å². The lowest BCUT2D eigenvalue weighted by Gasteiger charge is -2.07. The highest BCUT2D eigenvalue weighted by Gasteiger charge is 2.16. The van der Waals surface area contributed by atoms with Gasteiger partial charge in [0.1, 0.15) is 12.2 Å². The Balaban J connectivity index is 1.83. The Bertz CT molecular complexity index is 1180. The minimum absolute atomic E-state index is 0.207. The normalized spacial score (nSPS) is 11.2. The van der Waals surface area contributed by atoms with Gasteiger partial charge in [0.05, 0.1) is 5.69 Å². The standard InChI is InChI=1S/C20H16Cl2N4O/c1-2-25-17(11-13-4-3-5-15(22)10-13)24-18-19(25)23-12-26(20(18)27)16-8-6-14(21)7-9-16/h3-10,12H,2,11H2,1H3. The molecular formula is C20H16Cl2N4O. The van der Waals surface area contributed by atoms with Crippen LogP contribution in [0.25, 0.3) is 16.9 Å². The molecule has 136 valence electrons. The van der Waals surface area contributed by atoms with Gasteiger partial charge in [-0.3, -0.25) is 9.36 Å². The van der Waals surface area contributed by atoms with E-state index < -0.39 is 0 Å². The molecule has 0 fully saturated rings. The van der Waals surface area contributed by atoms with E-state index >= 15 is 0 Å². The number of aryl methyl sites for hydroxylation is 1. The molecule has 0 N–H and O–H groups in total. The summed E-state index contributed by atoms with van der Waals surface area (Å²) in [4.78, 5) is 22.1. The monoisotopic (exact) mass is 398 g/mol. The van der Waals surface area contributed by atoms with Gasteiger partial charge in [-0.1, -0.05) is 35.3 Å². The average molecular weight is 399 g/mol. The molecule has 0 saturated carbocycles. The van der Waals surface area contributed by atoms with Crippen molar-refractivity contribution in [2.24, 2.45) is 0 Å². The van der Waals surface area contributed by atoms with Gasteiger partial charge in [-0.15, -0.1) is 0 Å². The smallest absolute Gasteiger partial charge is 0.286 e. The highest BCUT2D eigenvalue weighted by atomic mass is 35.5. The first-order chi connectivity index (χ1) is 13.1. The van der Waals surface area contributed by atoms with E-state index in [0.29, 0.717) is 39.9 Å². The van der Waals surface area contributed by atoms with Crippen LogP contribution in [0.2, 0.25) is 10.0 Å². The van der Waals surface area contributed by atoms with Crippen LogP contribution in [-0.4, -0.2) is 19.1 Å². The second-order valence-corrected chi connectivity index (χ2v) is 7.02. The van der Waals surface area contributed by atoms with Gasteiger partial charge in [0.2, 0.25) is 0 Å². The molecule has 0 aliphatic rings. The maximum absolute atomic E-state index is 13.0. The Hall–Kier alpha value is -2.63. The summed E-state index contributed by atoms with van der Waals surface area (Å²) >= 11 is 12.0. The van der Waals surface area contributed by atoms with Crippen molar-refractivity contribution in [3.05, 3.63) is 86.6 Å². The molecule has 2 heterocycles. The second-order valence-electron chi connectivity index (χ2n) is 6.15. The Morgan fingerprint density at radius 3 is 2.52 bits per heavy atom. The van der Waals surface area contributed by atoms with Gasteiger partial charge in [-0.25, -0.2) is 9.97 Å². The molecule has 0 amide bonds. The van der Waals surface area contributed by atoms with Crippen molar-refractivity contribution in [1.82, 2.24) is 19.1 Å². The fraction of sp³-hybridized carbons (Fsp3) is 0.150. The lowest BCUT2D eigenvalue weighted by molar-refractivity contribution is 0.725. The summed E-state index contributed by atoms with van der Waals surface area (Å²) in [6, 6.07) is 14.7. The predicted octanol–water partition coefficient (Wildman–Crippen LogP) is 4.50. The van der Waals surface area contributed by atoms with Gasteiger partial charge in [-0.2, -0.15) is 0 Å². The summed E-state index contributed by atoms with van der Waals surface area (Å²) in [5.41, 5.74) is 2.46. The summed E-state index contributed by atoms with van der Waals surface area (Å²) in [7, 11) is 0. The quantitative estimate of drug-likeness (QED) is 0.508. The van der Waals surface area contributed by atoms with Gasteiger partial charge in [0.25, 0.3) is 5.56 Å². The van der Waals surface area contributed by atoms with E-state index in [1.165, 1.54) is 10.9 Å². The molecule has 0 saturated heterocycles. The first-order valence-corrected chi connectivity index (χ1v) is 9.29. The summed E-state index contributed by atoms with van der Waals surface area (Å²) < 4.78 is 3.44. The fourth-order valence-electron chi connectivity index (χ4n) is 3.13. The third kappa shape index (κ3) is 3.36. The highest BCUT2D eigenvalue weighted by Crippen LogP contribution is 2.18. The van der Waals surface area contributed by atoms with Gasteiger partial charge < -0.3 is 4.57 Å². The summed E-state index contributed by atoms with van der Waals surface area (Å²) in [6.45, 7) is 2.68. The van der Waals surface area contributed by atoms with E-state index in [1.54, 1.807) is 24.3 Å². The zero-order chi connectivity index (χ0) is 19.0. The summed E-state index contributed by atoms with van der Waals surface area (Å²) in [6.07, 6.45) is 2.11.